The van der Waals surface area contributed by atoms with Crippen molar-refractivity contribution >= 4 is 28.2 Å². The average molecular weight is 377 g/mol. The van der Waals surface area contributed by atoms with E-state index in [1.165, 1.54) is 0 Å². The molecule has 144 valence electrons. The molecule has 0 saturated carbocycles. The molecule has 0 aliphatic carbocycles. The van der Waals surface area contributed by atoms with Gasteiger partial charge in [-0.1, -0.05) is 18.2 Å². The number of hydrogen-bond donors (Lipinski definition) is 2. The van der Waals surface area contributed by atoms with E-state index in [1.807, 2.05) is 30.3 Å². The molecular weight excluding hydrogens is 354 g/mol. The molecule has 3 aromatic rings. The smallest absolute Gasteiger partial charge is 0.251 e. The molecule has 0 bridgehead atoms. The van der Waals surface area contributed by atoms with Gasteiger partial charge in [0.15, 0.2) is 0 Å². The maximum Gasteiger partial charge on any atom is 0.251 e. The summed E-state index contributed by atoms with van der Waals surface area (Å²) in [5, 5.41) is 3.85. The Morgan fingerprint density at radius 2 is 1.86 bits per heavy atom. The van der Waals surface area contributed by atoms with Gasteiger partial charge in [0.2, 0.25) is 5.91 Å². The summed E-state index contributed by atoms with van der Waals surface area (Å²) in [4.78, 5) is 29.3. The number of aryl methyl sites for hydroxylation is 1. The highest BCUT2D eigenvalue weighted by atomic mass is 16.5. The van der Waals surface area contributed by atoms with Crippen LogP contribution in [-0.2, 0) is 16.0 Å². The molecular formula is C22H23N3O3. The lowest BCUT2D eigenvalue weighted by Crippen LogP contribution is -2.36. The van der Waals surface area contributed by atoms with Crippen LogP contribution in [-0.4, -0.2) is 37.2 Å². The first-order chi connectivity index (χ1) is 13.6. The molecule has 0 atom stereocenters. The van der Waals surface area contributed by atoms with Gasteiger partial charge in [0, 0.05) is 30.0 Å². The summed E-state index contributed by atoms with van der Waals surface area (Å²) in [6.45, 7) is 5.06. The number of amides is 1. The lowest BCUT2D eigenvalue weighted by atomic mass is 10.1. The largest absolute Gasteiger partial charge is 0.378 e. The Balaban J connectivity index is 1.42. The lowest BCUT2D eigenvalue weighted by Gasteiger charge is -2.28. The summed E-state index contributed by atoms with van der Waals surface area (Å²) < 4.78 is 5.38. The van der Waals surface area contributed by atoms with E-state index < -0.39 is 0 Å². The van der Waals surface area contributed by atoms with Crippen molar-refractivity contribution in [2.45, 2.75) is 13.3 Å². The van der Waals surface area contributed by atoms with Gasteiger partial charge in [-0.15, -0.1) is 0 Å². The molecule has 6 heteroatoms. The van der Waals surface area contributed by atoms with E-state index in [4.69, 9.17) is 4.74 Å². The predicted molar refractivity (Wildman–Crippen MR) is 111 cm³/mol. The first kappa shape index (κ1) is 18.3. The van der Waals surface area contributed by atoms with Crippen LogP contribution >= 0.6 is 0 Å². The van der Waals surface area contributed by atoms with Gasteiger partial charge in [0.1, 0.15) is 0 Å². The first-order valence-electron chi connectivity index (χ1n) is 9.44. The summed E-state index contributed by atoms with van der Waals surface area (Å²) in [6, 6.07) is 15.5. The molecule has 6 nitrogen and oxygen atoms in total. The monoisotopic (exact) mass is 377 g/mol. The van der Waals surface area contributed by atoms with Gasteiger partial charge in [-0.05, 0) is 48.2 Å². The molecule has 2 N–H and O–H groups in total. The van der Waals surface area contributed by atoms with E-state index in [-0.39, 0.29) is 11.5 Å². The van der Waals surface area contributed by atoms with E-state index in [0.29, 0.717) is 23.2 Å². The van der Waals surface area contributed by atoms with E-state index in [0.717, 1.165) is 42.9 Å². The van der Waals surface area contributed by atoms with Crippen LogP contribution in [0, 0.1) is 6.92 Å². The van der Waals surface area contributed by atoms with Crippen molar-refractivity contribution in [3.05, 3.63) is 70.0 Å². The second-order valence-corrected chi connectivity index (χ2v) is 7.07. The number of carbonyl (C=O) groups is 1. The highest BCUT2D eigenvalue weighted by Gasteiger charge is 2.11. The Morgan fingerprint density at radius 1 is 1.11 bits per heavy atom. The Morgan fingerprint density at radius 3 is 2.61 bits per heavy atom. The summed E-state index contributed by atoms with van der Waals surface area (Å²) in [5.74, 6) is -0.0899. The quantitative estimate of drug-likeness (QED) is 0.733. The highest BCUT2D eigenvalue weighted by molar-refractivity contribution is 5.94. The number of nitrogens with zero attached hydrogens (tertiary/aromatic N) is 1. The van der Waals surface area contributed by atoms with E-state index in [1.54, 1.807) is 13.0 Å². The number of nitrogens with one attached hydrogen (secondary N) is 2. The minimum Gasteiger partial charge on any atom is -0.378 e. The number of benzene rings is 2. The van der Waals surface area contributed by atoms with Crippen LogP contribution in [0.5, 0.6) is 0 Å². The third-order valence-electron chi connectivity index (χ3n) is 4.99. The summed E-state index contributed by atoms with van der Waals surface area (Å²) in [7, 11) is 0. The summed E-state index contributed by atoms with van der Waals surface area (Å²) in [5.41, 5.74) is 4.05. The summed E-state index contributed by atoms with van der Waals surface area (Å²) in [6.07, 6.45) is 0.297. The second kappa shape index (κ2) is 7.86. The minimum atomic E-state index is -0.115. The SMILES string of the molecule is Cc1cc2ccc(NC(=O)Cc3ccc(N4CCOCC4)cc3)cc2[nH]c1=O. The zero-order valence-corrected chi connectivity index (χ0v) is 15.8. The molecule has 0 unspecified atom stereocenters. The van der Waals surface area contributed by atoms with Crippen molar-refractivity contribution < 1.29 is 9.53 Å². The minimum absolute atomic E-state index is 0.0899. The lowest BCUT2D eigenvalue weighted by molar-refractivity contribution is -0.115. The number of anilines is 2. The van der Waals surface area contributed by atoms with Gasteiger partial charge in [0.25, 0.3) is 5.56 Å². The van der Waals surface area contributed by atoms with E-state index in [2.05, 4.69) is 27.3 Å². The van der Waals surface area contributed by atoms with E-state index in [9.17, 15) is 9.59 Å². The number of carbonyl (C=O) groups excluding carboxylic acids is 1. The zero-order chi connectivity index (χ0) is 19.5. The number of fused-ring (bicyclic) bond motifs is 1. The van der Waals surface area contributed by atoms with Gasteiger partial charge in [-0.3, -0.25) is 9.59 Å². The number of pyridine rings is 1. The van der Waals surface area contributed by atoms with Crippen LogP contribution in [0.25, 0.3) is 10.9 Å². The molecule has 1 aliphatic heterocycles. The number of aromatic nitrogens is 1. The Kier molecular flexibility index (Phi) is 5.12. The Hall–Kier alpha value is -3.12. The fourth-order valence-corrected chi connectivity index (χ4v) is 3.42. The number of rotatable bonds is 4. The Labute approximate surface area is 163 Å². The van der Waals surface area contributed by atoms with Crippen molar-refractivity contribution in [2.24, 2.45) is 0 Å². The fraction of sp³-hybridized carbons (Fsp3) is 0.273. The van der Waals surface area contributed by atoms with Crippen LogP contribution in [0.3, 0.4) is 0 Å². The van der Waals surface area contributed by atoms with Gasteiger partial charge >= 0.3 is 0 Å². The van der Waals surface area contributed by atoms with Crippen LogP contribution < -0.4 is 15.8 Å². The fourth-order valence-electron chi connectivity index (χ4n) is 3.42. The first-order valence-corrected chi connectivity index (χ1v) is 9.44. The molecule has 1 aromatic heterocycles. The van der Waals surface area contributed by atoms with Gasteiger partial charge < -0.3 is 19.9 Å². The molecule has 4 rings (SSSR count). The third kappa shape index (κ3) is 4.07. The van der Waals surface area contributed by atoms with Crippen molar-refractivity contribution in [1.29, 1.82) is 0 Å². The standard InChI is InChI=1S/C22H23N3O3/c1-15-12-17-4-5-18(14-20(17)24-22(15)27)23-21(26)13-16-2-6-19(7-3-16)25-8-10-28-11-9-25/h2-7,12,14H,8-11,13H2,1H3,(H,23,26)(H,24,27). The number of H-pyrrole nitrogens is 1. The molecule has 1 aliphatic rings. The third-order valence-corrected chi connectivity index (χ3v) is 4.99. The number of ether oxygens (including phenoxy) is 1. The van der Waals surface area contributed by atoms with Crippen LogP contribution in [0.15, 0.2) is 53.3 Å². The number of morpholine rings is 1. The maximum atomic E-state index is 12.4. The molecule has 1 amide bonds. The molecule has 0 spiro atoms. The molecule has 0 radical (unpaired) electrons. The predicted octanol–water partition coefficient (Wildman–Crippen LogP) is 2.85. The topological polar surface area (TPSA) is 74.4 Å². The van der Waals surface area contributed by atoms with Gasteiger partial charge in [-0.2, -0.15) is 0 Å². The average Bonchev–Trinajstić information content (AvgIpc) is 2.70. The normalized spacial score (nSPS) is 14.2. The second-order valence-electron chi connectivity index (χ2n) is 7.07. The van der Waals surface area contributed by atoms with Crippen LogP contribution in [0.1, 0.15) is 11.1 Å². The molecule has 1 saturated heterocycles. The van der Waals surface area contributed by atoms with Gasteiger partial charge in [0.05, 0.1) is 25.2 Å². The van der Waals surface area contributed by atoms with Crippen molar-refractivity contribution in [3.63, 3.8) is 0 Å². The molecule has 1 fully saturated rings. The van der Waals surface area contributed by atoms with Crippen molar-refractivity contribution in [1.82, 2.24) is 4.98 Å². The van der Waals surface area contributed by atoms with Crippen LogP contribution in [0.2, 0.25) is 0 Å². The summed E-state index contributed by atoms with van der Waals surface area (Å²) >= 11 is 0. The molecule has 2 aromatic carbocycles. The van der Waals surface area contributed by atoms with Crippen molar-refractivity contribution in [2.75, 3.05) is 36.5 Å². The van der Waals surface area contributed by atoms with E-state index >= 15 is 0 Å². The zero-order valence-electron chi connectivity index (χ0n) is 15.8. The van der Waals surface area contributed by atoms with Gasteiger partial charge in [-0.25, -0.2) is 0 Å². The highest BCUT2D eigenvalue weighted by Crippen LogP contribution is 2.19. The number of hydrogen-bond acceptors (Lipinski definition) is 4. The van der Waals surface area contributed by atoms with Crippen molar-refractivity contribution in [3.8, 4) is 0 Å². The molecule has 2 heterocycles. The number of aromatic amines is 1. The molecule has 28 heavy (non-hydrogen) atoms. The Bertz CT molecular complexity index is 1050. The maximum absolute atomic E-state index is 12.4. The van der Waals surface area contributed by atoms with Crippen LogP contribution in [0.4, 0.5) is 11.4 Å².